The van der Waals surface area contributed by atoms with Gasteiger partial charge < -0.3 is 10.1 Å². The number of hydrazone groups is 1. The summed E-state index contributed by atoms with van der Waals surface area (Å²) in [6, 6.07) is 5.03. The molecule has 2 N–H and O–H groups in total. The quantitative estimate of drug-likeness (QED) is 0.489. The lowest BCUT2D eigenvalue weighted by Crippen LogP contribution is -2.38. The van der Waals surface area contributed by atoms with E-state index in [1.54, 1.807) is 18.2 Å². The van der Waals surface area contributed by atoms with E-state index in [0.717, 1.165) is 6.42 Å². The number of carbonyl (C=O) groups is 2. The lowest BCUT2D eigenvalue weighted by molar-refractivity contribution is -0.139. The van der Waals surface area contributed by atoms with E-state index in [0.29, 0.717) is 22.9 Å². The fourth-order valence-electron chi connectivity index (χ4n) is 1.30. The molecule has 0 saturated heterocycles. The standard InChI is InChI=1S/C13H16ClN3O3/c1-3-6-15-12(18)13(19)17-16-8-9-4-5-11(20-2)10(14)7-9/h4-5,7-8H,3,6H2,1-2H3,(H,15,18)(H,17,19)/b16-8-. The summed E-state index contributed by atoms with van der Waals surface area (Å²) in [4.78, 5) is 22.6. The van der Waals surface area contributed by atoms with E-state index < -0.39 is 11.8 Å². The second kappa shape index (κ2) is 8.16. The molecule has 7 heteroatoms. The largest absolute Gasteiger partial charge is 0.495 e. The molecular formula is C13H16ClN3O3. The number of amides is 2. The van der Waals surface area contributed by atoms with Crippen molar-refractivity contribution in [1.29, 1.82) is 0 Å². The molecule has 0 fully saturated rings. The van der Waals surface area contributed by atoms with Gasteiger partial charge in [-0.25, -0.2) is 5.43 Å². The molecule has 6 nitrogen and oxygen atoms in total. The molecule has 0 aromatic heterocycles. The van der Waals surface area contributed by atoms with Gasteiger partial charge in [-0.3, -0.25) is 9.59 Å². The van der Waals surface area contributed by atoms with E-state index in [-0.39, 0.29) is 0 Å². The summed E-state index contributed by atoms with van der Waals surface area (Å²) in [6.07, 6.45) is 2.14. The van der Waals surface area contributed by atoms with Gasteiger partial charge in [-0.2, -0.15) is 5.10 Å². The molecule has 0 spiro atoms. The van der Waals surface area contributed by atoms with Crippen LogP contribution in [0.15, 0.2) is 23.3 Å². The first kappa shape index (κ1) is 16.0. The first-order valence-electron chi connectivity index (χ1n) is 6.03. The molecule has 1 aromatic rings. The van der Waals surface area contributed by atoms with E-state index >= 15 is 0 Å². The Morgan fingerprint density at radius 1 is 1.40 bits per heavy atom. The van der Waals surface area contributed by atoms with Gasteiger partial charge in [0, 0.05) is 6.54 Å². The van der Waals surface area contributed by atoms with Crippen molar-refractivity contribution in [3.05, 3.63) is 28.8 Å². The Balaban J connectivity index is 2.54. The SMILES string of the molecule is CCCNC(=O)C(=O)N/N=C\c1ccc(OC)c(Cl)c1. The summed E-state index contributed by atoms with van der Waals surface area (Å²) < 4.78 is 5.01. The van der Waals surface area contributed by atoms with Crippen molar-refractivity contribution in [3.63, 3.8) is 0 Å². The lowest BCUT2D eigenvalue weighted by Gasteiger charge is -2.03. The Bertz CT molecular complexity index is 518. The molecule has 1 aromatic carbocycles. The zero-order valence-corrected chi connectivity index (χ0v) is 12.0. The summed E-state index contributed by atoms with van der Waals surface area (Å²) in [5.41, 5.74) is 2.80. The van der Waals surface area contributed by atoms with E-state index in [9.17, 15) is 9.59 Å². The Morgan fingerprint density at radius 2 is 2.15 bits per heavy atom. The number of methoxy groups -OCH3 is 1. The van der Waals surface area contributed by atoms with E-state index in [1.807, 2.05) is 6.92 Å². The molecule has 0 aliphatic rings. The molecule has 0 unspecified atom stereocenters. The first-order chi connectivity index (χ1) is 9.58. The predicted molar refractivity (Wildman–Crippen MR) is 77.0 cm³/mol. The number of rotatable bonds is 5. The minimum absolute atomic E-state index is 0.434. The zero-order valence-electron chi connectivity index (χ0n) is 11.3. The Morgan fingerprint density at radius 3 is 2.75 bits per heavy atom. The zero-order chi connectivity index (χ0) is 15.0. The van der Waals surface area contributed by atoms with Gasteiger partial charge >= 0.3 is 11.8 Å². The van der Waals surface area contributed by atoms with Crippen LogP contribution in [0.1, 0.15) is 18.9 Å². The van der Waals surface area contributed by atoms with Crippen LogP contribution in [0, 0.1) is 0 Å². The van der Waals surface area contributed by atoms with Crippen molar-refractivity contribution in [2.45, 2.75) is 13.3 Å². The maximum absolute atomic E-state index is 11.3. The number of nitrogens with zero attached hydrogens (tertiary/aromatic N) is 1. The van der Waals surface area contributed by atoms with Crippen molar-refractivity contribution in [2.75, 3.05) is 13.7 Å². The highest BCUT2D eigenvalue weighted by Gasteiger charge is 2.10. The molecule has 0 atom stereocenters. The smallest absolute Gasteiger partial charge is 0.329 e. The predicted octanol–water partition coefficient (Wildman–Crippen LogP) is 1.32. The van der Waals surface area contributed by atoms with Crippen molar-refractivity contribution >= 4 is 29.6 Å². The van der Waals surface area contributed by atoms with Gasteiger partial charge in [0.25, 0.3) is 0 Å². The van der Waals surface area contributed by atoms with Crippen LogP contribution in [-0.4, -0.2) is 31.7 Å². The topological polar surface area (TPSA) is 79.8 Å². The van der Waals surface area contributed by atoms with Gasteiger partial charge in [-0.1, -0.05) is 18.5 Å². The van der Waals surface area contributed by atoms with Gasteiger partial charge in [-0.05, 0) is 30.2 Å². The van der Waals surface area contributed by atoms with Crippen LogP contribution in [-0.2, 0) is 9.59 Å². The third-order valence-corrected chi connectivity index (χ3v) is 2.59. The highest BCUT2D eigenvalue weighted by molar-refractivity contribution is 6.35. The van der Waals surface area contributed by atoms with Crippen molar-refractivity contribution < 1.29 is 14.3 Å². The average molecular weight is 298 g/mol. The third kappa shape index (κ3) is 4.89. The lowest BCUT2D eigenvalue weighted by atomic mass is 10.2. The van der Waals surface area contributed by atoms with Crippen LogP contribution in [0.5, 0.6) is 5.75 Å². The summed E-state index contributed by atoms with van der Waals surface area (Å²) in [5.74, 6) is -0.974. The second-order valence-electron chi connectivity index (χ2n) is 3.85. The first-order valence-corrected chi connectivity index (χ1v) is 6.41. The second-order valence-corrected chi connectivity index (χ2v) is 4.26. The van der Waals surface area contributed by atoms with Crippen molar-refractivity contribution in [2.24, 2.45) is 5.10 Å². The van der Waals surface area contributed by atoms with Crippen LogP contribution in [0.3, 0.4) is 0 Å². The van der Waals surface area contributed by atoms with Gasteiger partial charge in [0.1, 0.15) is 5.75 Å². The maximum atomic E-state index is 11.3. The molecule has 1 rings (SSSR count). The molecule has 0 radical (unpaired) electrons. The van der Waals surface area contributed by atoms with Crippen LogP contribution >= 0.6 is 11.6 Å². The van der Waals surface area contributed by atoms with Crippen LogP contribution in [0.25, 0.3) is 0 Å². The Labute approximate surface area is 122 Å². The maximum Gasteiger partial charge on any atom is 0.329 e. The molecular weight excluding hydrogens is 282 g/mol. The fraction of sp³-hybridized carbons (Fsp3) is 0.308. The summed E-state index contributed by atoms with van der Waals surface area (Å²) in [6.45, 7) is 2.34. The van der Waals surface area contributed by atoms with Gasteiger partial charge in [0.15, 0.2) is 0 Å². The number of benzene rings is 1. The van der Waals surface area contributed by atoms with Crippen LogP contribution < -0.4 is 15.5 Å². The van der Waals surface area contributed by atoms with Crippen molar-refractivity contribution in [1.82, 2.24) is 10.7 Å². The minimum atomic E-state index is -0.811. The molecule has 0 saturated carbocycles. The third-order valence-electron chi connectivity index (χ3n) is 2.30. The number of halogens is 1. The number of ether oxygens (including phenoxy) is 1. The number of carbonyl (C=O) groups excluding carboxylic acids is 2. The van der Waals surface area contributed by atoms with E-state index in [2.05, 4.69) is 15.8 Å². The molecule has 0 aliphatic carbocycles. The minimum Gasteiger partial charge on any atom is -0.495 e. The number of hydrogen-bond donors (Lipinski definition) is 2. The highest BCUT2D eigenvalue weighted by atomic mass is 35.5. The van der Waals surface area contributed by atoms with Gasteiger partial charge in [-0.15, -0.1) is 0 Å². The van der Waals surface area contributed by atoms with Crippen LogP contribution in [0.4, 0.5) is 0 Å². The van der Waals surface area contributed by atoms with Crippen molar-refractivity contribution in [3.8, 4) is 5.75 Å². The summed E-state index contributed by atoms with van der Waals surface area (Å²) in [7, 11) is 1.52. The number of hydrogen-bond acceptors (Lipinski definition) is 4. The monoisotopic (exact) mass is 297 g/mol. The average Bonchev–Trinajstić information content (AvgIpc) is 2.44. The molecule has 2 amide bonds. The van der Waals surface area contributed by atoms with Gasteiger partial charge in [0.2, 0.25) is 0 Å². The normalized spacial score (nSPS) is 10.3. The van der Waals surface area contributed by atoms with Gasteiger partial charge in [0.05, 0.1) is 18.3 Å². The Kier molecular flexibility index (Phi) is 6.52. The molecule has 20 heavy (non-hydrogen) atoms. The molecule has 0 aliphatic heterocycles. The van der Waals surface area contributed by atoms with Crippen LogP contribution in [0.2, 0.25) is 5.02 Å². The number of nitrogens with one attached hydrogen (secondary N) is 2. The van der Waals surface area contributed by atoms with E-state index in [4.69, 9.17) is 16.3 Å². The highest BCUT2D eigenvalue weighted by Crippen LogP contribution is 2.24. The summed E-state index contributed by atoms with van der Waals surface area (Å²) in [5, 5.41) is 6.56. The molecule has 108 valence electrons. The fourth-order valence-corrected chi connectivity index (χ4v) is 1.56. The molecule has 0 bridgehead atoms. The molecule has 0 heterocycles. The Hall–Kier alpha value is -2.08. The summed E-state index contributed by atoms with van der Waals surface area (Å²) >= 11 is 5.94. The van der Waals surface area contributed by atoms with E-state index in [1.165, 1.54) is 13.3 Å².